The number of amides is 1. The zero-order valence-electron chi connectivity index (χ0n) is 17.9. The van der Waals surface area contributed by atoms with E-state index >= 15 is 0 Å². The first-order valence-electron chi connectivity index (χ1n) is 10.6. The highest BCUT2D eigenvalue weighted by Crippen LogP contribution is 2.42. The Balaban J connectivity index is 1.67. The van der Waals surface area contributed by atoms with Gasteiger partial charge >= 0.3 is 6.61 Å². The Bertz CT molecular complexity index is 1330. The number of ether oxygens (including phenoxy) is 1. The van der Waals surface area contributed by atoms with Gasteiger partial charge in [0, 0.05) is 55.8 Å². The summed E-state index contributed by atoms with van der Waals surface area (Å²) >= 11 is 0. The van der Waals surface area contributed by atoms with Crippen LogP contribution in [0.15, 0.2) is 39.6 Å². The Kier molecular flexibility index (Phi) is 5.50. The van der Waals surface area contributed by atoms with Crippen LogP contribution in [0.1, 0.15) is 17.9 Å². The first kappa shape index (κ1) is 22.1. The molecule has 1 atom stereocenters. The van der Waals surface area contributed by atoms with Crippen molar-refractivity contribution in [2.24, 2.45) is 0 Å². The molecule has 2 fully saturated rings. The largest absolute Gasteiger partial charge is 0.452 e. The van der Waals surface area contributed by atoms with Gasteiger partial charge in [-0.25, -0.2) is 8.42 Å². The van der Waals surface area contributed by atoms with Gasteiger partial charge in [0.15, 0.2) is 11.3 Å². The highest BCUT2D eigenvalue weighted by molar-refractivity contribution is 7.89. The molecule has 176 valence electrons. The van der Waals surface area contributed by atoms with Crippen LogP contribution in [-0.4, -0.2) is 69.9 Å². The molecule has 0 radical (unpaired) electrons. The minimum Gasteiger partial charge on any atom is -0.452 e. The number of nitrogens with one attached hydrogen (secondary N) is 1. The Hall–Kier alpha value is -2.76. The minimum absolute atomic E-state index is 0.104. The lowest BCUT2D eigenvalue weighted by Gasteiger charge is -2.31. The van der Waals surface area contributed by atoms with Crippen molar-refractivity contribution in [1.82, 2.24) is 14.5 Å². The van der Waals surface area contributed by atoms with E-state index in [4.69, 9.17) is 4.42 Å². The van der Waals surface area contributed by atoms with E-state index in [9.17, 15) is 22.0 Å². The number of nitrogens with zero attached hydrogens (tertiary/aromatic N) is 2. The number of alkyl halides is 2. The van der Waals surface area contributed by atoms with Crippen molar-refractivity contribution in [2.45, 2.75) is 23.8 Å². The first-order chi connectivity index (χ1) is 15.7. The van der Waals surface area contributed by atoms with Crippen LogP contribution in [-0.2, 0) is 14.8 Å². The number of likely N-dealkylation sites (N-methyl/N-ethyl adjacent to an activating group) is 1. The summed E-state index contributed by atoms with van der Waals surface area (Å²) in [5.41, 5.74) is 1.18. The molecule has 1 N–H and O–H groups in total. The smallest absolute Gasteiger partial charge is 0.387 e. The number of piperazine rings is 1. The number of fused-ring (bicyclic) bond motifs is 3. The molecule has 3 aromatic rings. The molecule has 0 aliphatic carbocycles. The van der Waals surface area contributed by atoms with Gasteiger partial charge in [0.25, 0.3) is 0 Å². The summed E-state index contributed by atoms with van der Waals surface area (Å²) in [6.45, 7) is -0.605. The Morgan fingerprint density at radius 1 is 1.15 bits per heavy atom. The van der Waals surface area contributed by atoms with E-state index in [2.05, 4.69) is 15.0 Å². The van der Waals surface area contributed by atoms with E-state index in [1.54, 1.807) is 6.07 Å². The zero-order valence-corrected chi connectivity index (χ0v) is 18.7. The fourth-order valence-electron chi connectivity index (χ4n) is 4.55. The number of hydrogen-bond acceptors (Lipinski definition) is 6. The summed E-state index contributed by atoms with van der Waals surface area (Å²) < 4.78 is 64.6. The molecule has 1 amide bonds. The van der Waals surface area contributed by atoms with Crippen LogP contribution in [0, 0.1) is 0 Å². The molecular weight excluding hydrogens is 456 g/mol. The minimum atomic E-state index is -3.75. The number of benzene rings is 2. The maximum absolute atomic E-state index is 13.3. The second-order valence-corrected chi connectivity index (χ2v) is 10.3. The lowest BCUT2D eigenvalue weighted by Crippen LogP contribution is -2.46. The fraction of sp³-hybridized carbons (Fsp3) is 0.409. The average Bonchev–Trinajstić information content (AvgIpc) is 3.37. The van der Waals surface area contributed by atoms with E-state index in [0.29, 0.717) is 49.1 Å². The predicted molar refractivity (Wildman–Crippen MR) is 117 cm³/mol. The monoisotopic (exact) mass is 479 g/mol. The molecule has 2 aliphatic heterocycles. The normalized spacial score (nSPS) is 20.7. The number of carbonyl (C=O) groups excluding carboxylic acids is 1. The Labute approximate surface area is 189 Å². The number of sulfonamides is 1. The fourth-order valence-corrected chi connectivity index (χ4v) is 6.00. The third-order valence-corrected chi connectivity index (χ3v) is 8.21. The lowest BCUT2D eigenvalue weighted by atomic mass is 9.93. The third kappa shape index (κ3) is 3.94. The Morgan fingerprint density at radius 3 is 2.58 bits per heavy atom. The van der Waals surface area contributed by atoms with Crippen molar-refractivity contribution in [3.8, 4) is 5.75 Å². The summed E-state index contributed by atoms with van der Waals surface area (Å²) in [6.07, 6.45) is 0.246. The lowest BCUT2D eigenvalue weighted by molar-refractivity contribution is -0.119. The molecule has 0 bridgehead atoms. The van der Waals surface area contributed by atoms with Crippen molar-refractivity contribution in [1.29, 1.82) is 0 Å². The van der Waals surface area contributed by atoms with E-state index in [1.807, 2.05) is 7.05 Å². The summed E-state index contributed by atoms with van der Waals surface area (Å²) in [5, 5.41) is 3.74. The van der Waals surface area contributed by atoms with Crippen LogP contribution in [0.25, 0.3) is 21.9 Å². The molecule has 2 aliphatic rings. The number of halogens is 2. The number of carbonyl (C=O) groups is 1. The maximum atomic E-state index is 13.3. The van der Waals surface area contributed by atoms with Gasteiger partial charge in [-0.2, -0.15) is 13.1 Å². The Morgan fingerprint density at radius 2 is 1.91 bits per heavy atom. The molecule has 0 spiro atoms. The summed E-state index contributed by atoms with van der Waals surface area (Å²) in [7, 11) is -1.80. The van der Waals surface area contributed by atoms with Crippen molar-refractivity contribution in [2.75, 3.05) is 39.8 Å². The van der Waals surface area contributed by atoms with Crippen LogP contribution >= 0.6 is 0 Å². The van der Waals surface area contributed by atoms with Gasteiger partial charge in [0.2, 0.25) is 15.9 Å². The molecule has 0 saturated carbocycles. The van der Waals surface area contributed by atoms with Gasteiger partial charge in [0.05, 0.1) is 4.90 Å². The molecule has 5 rings (SSSR count). The van der Waals surface area contributed by atoms with Crippen LogP contribution in [0.3, 0.4) is 0 Å². The van der Waals surface area contributed by atoms with Gasteiger partial charge < -0.3 is 19.4 Å². The van der Waals surface area contributed by atoms with Crippen LogP contribution < -0.4 is 10.1 Å². The number of rotatable bonds is 5. The van der Waals surface area contributed by atoms with E-state index < -0.39 is 16.6 Å². The average molecular weight is 480 g/mol. The summed E-state index contributed by atoms with van der Waals surface area (Å²) in [6, 6.07) is 7.56. The van der Waals surface area contributed by atoms with Gasteiger partial charge in [-0.05, 0) is 36.9 Å². The maximum Gasteiger partial charge on any atom is 0.387 e. The van der Waals surface area contributed by atoms with Crippen LogP contribution in [0.2, 0.25) is 0 Å². The molecule has 2 aromatic carbocycles. The van der Waals surface area contributed by atoms with Gasteiger partial charge in [0.1, 0.15) is 5.58 Å². The molecular formula is C22H23F2N3O5S. The molecule has 1 unspecified atom stereocenters. The standard InChI is InChI=1S/C22H23F2N3O5S/c1-26-6-8-27(9-7-26)33(29,30)14-2-4-17-16(11-14)20-15(13-10-19(28)25-12-13)3-5-18(21(20)31-17)32-22(23)24/h2-5,11,13,22H,6-10,12H2,1H3,(H,25,28). The van der Waals surface area contributed by atoms with E-state index in [-0.39, 0.29) is 34.5 Å². The topological polar surface area (TPSA) is 92.1 Å². The summed E-state index contributed by atoms with van der Waals surface area (Å²) in [4.78, 5) is 14.0. The second kappa shape index (κ2) is 8.23. The predicted octanol–water partition coefficient (Wildman–Crippen LogP) is 2.73. The van der Waals surface area contributed by atoms with Gasteiger partial charge in [-0.3, -0.25) is 4.79 Å². The molecule has 33 heavy (non-hydrogen) atoms. The molecule has 3 heterocycles. The zero-order chi connectivity index (χ0) is 23.3. The number of furan rings is 1. The second-order valence-electron chi connectivity index (χ2n) is 8.41. The quantitative estimate of drug-likeness (QED) is 0.605. The first-order valence-corrected chi connectivity index (χ1v) is 12.1. The van der Waals surface area contributed by atoms with Gasteiger partial charge in [-0.15, -0.1) is 0 Å². The van der Waals surface area contributed by atoms with Crippen molar-refractivity contribution in [3.63, 3.8) is 0 Å². The van der Waals surface area contributed by atoms with Gasteiger partial charge in [-0.1, -0.05) is 6.07 Å². The molecule has 8 nitrogen and oxygen atoms in total. The number of hydrogen-bond donors (Lipinski definition) is 1. The van der Waals surface area contributed by atoms with Crippen LogP contribution in [0.4, 0.5) is 8.78 Å². The third-order valence-electron chi connectivity index (χ3n) is 6.32. The van der Waals surface area contributed by atoms with E-state index in [1.165, 1.54) is 28.6 Å². The highest BCUT2D eigenvalue weighted by Gasteiger charge is 2.31. The highest BCUT2D eigenvalue weighted by atomic mass is 32.2. The van der Waals surface area contributed by atoms with Crippen molar-refractivity contribution < 1.29 is 31.1 Å². The van der Waals surface area contributed by atoms with Crippen LogP contribution in [0.5, 0.6) is 5.75 Å². The summed E-state index contributed by atoms with van der Waals surface area (Å²) in [5.74, 6) is -0.438. The van der Waals surface area contributed by atoms with Crippen molar-refractivity contribution in [3.05, 3.63) is 35.9 Å². The molecule has 11 heteroatoms. The molecule has 2 saturated heterocycles. The van der Waals surface area contributed by atoms with Crippen molar-refractivity contribution >= 4 is 37.9 Å². The SMILES string of the molecule is CN1CCN(S(=O)(=O)c2ccc3oc4c(OC(F)F)ccc(C5CNC(=O)C5)c4c3c2)CC1. The van der Waals surface area contributed by atoms with E-state index in [0.717, 1.165) is 5.56 Å². The molecule has 1 aromatic heterocycles.